The lowest BCUT2D eigenvalue weighted by Gasteiger charge is -2.01. The summed E-state index contributed by atoms with van der Waals surface area (Å²) in [5.74, 6) is 0.838. The predicted octanol–water partition coefficient (Wildman–Crippen LogP) is 5.51. The van der Waals surface area contributed by atoms with Crippen LogP contribution in [0.5, 0.6) is 5.75 Å². The standard InChI is InChI=1S/C20H15ClN4OS/c1-25-9-15(13-7-11(26-2)3-4-17(13)25)20-24-16(10-27-20)14-8-23-18-12(14)5-6-22-19(18)21/h3-10,23H,1-2H3. The molecule has 1 aromatic carbocycles. The van der Waals surface area contributed by atoms with Gasteiger partial charge in [-0.1, -0.05) is 11.6 Å². The Morgan fingerprint density at radius 2 is 2.07 bits per heavy atom. The average molecular weight is 395 g/mol. The van der Waals surface area contributed by atoms with E-state index in [1.165, 1.54) is 0 Å². The van der Waals surface area contributed by atoms with Crippen LogP contribution >= 0.6 is 22.9 Å². The fourth-order valence-corrected chi connectivity index (χ4v) is 4.48. The highest BCUT2D eigenvalue weighted by atomic mass is 35.5. The Kier molecular flexibility index (Phi) is 3.70. The van der Waals surface area contributed by atoms with Crippen LogP contribution in [0.15, 0.2) is 48.2 Å². The van der Waals surface area contributed by atoms with Crippen molar-refractivity contribution in [1.29, 1.82) is 0 Å². The smallest absolute Gasteiger partial charge is 0.153 e. The van der Waals surface area contributed by atoms with Crippen LogP contribution in [-0.2, 0) is 7.05 Å². The van der Waals surface area contributed by atoms with Gasteiger partial charge in [-0.15, -0.1) is 11.3 Å². The first-order chi connectivity index (χ1) is 13.2. The van der Waals surface area contributed by atoms with Gasteiger partial charge < -0.3 is 14.3 Å². The molecule has 5 rings (SSSR count). The Balaban J connectivity index is 1.66. The van der Waals surface area contributed by atoms with E-state index in [1.807, 2.05) is 25.4 Å². The van der Waals surface area contributed by atoms with Crippen molar-refractivity contribution in [3.63, 3.8) is 0 Å². The fourth-order valence-electron chi connectivity index (χ4n) is 3.42. The van der Waals surface area contributed by atoms with Crippen LogP contribution in [0.4, 0.5) is 0 Å². The van der Waals surface area contributed by atoms with Crippen molar-refractivity contribution >= 4 is 44.7 Å². The van der Waals surface area contributed by atoms with Gasteiger partial charge in [-0.25, -0.2) is 9.97 Å². The largest absolute Gasteiger partial charge is 0.497 e. The molecule has 0 unspecified atom stereocenters. The van der Waals surface area contributed by atoms with Gasteiger partial charge in [-0.2, -0.15) is 0 Å². The molecule has 0 bridgehead atoms. The molecule has 0 atom stereocenters. The summed E-state index contributed by atoms with van der Waals surface area (Å²) in [5.41, 5.74) is 5.02. The number of fused-ring (bicyclic) bond motifs is 2. The number of aromatic nitrogens is 4. The number of benzene rings is 1. The quantitative estimate of drug-likeness (QED) is 0.410. The van der Waals surface area contributed by atoms with E-state index >= 15 is 0 Å². The van der Waals surface area contributed by atoms with E-state index in [9.17, 15) is 0 Å². The van der Waals surface area contributed by atoms with E-state index in [-0.39, 0.29) is 0 Å². The number of nitrogens with zero attached hydrogens (tertiary/aromatic N) is 3. The molecule has 5 aromatic rings. The van der Waals surface area contributed by atoms with Crippen molar-refractivity contribution in [2.45, 2.75) is 0 Å². The number of rotatable bonds is 3. The van der Waals surface area contributed by atoms with Crippen LogP contribution in [0.2, 0.25) is 5.15 Å². The van der Waals surface area contributed by atoms with E-state index in [2.05, 4.69) is 38.2 Å². The van der Waals surface area contributed by atoms with E-state index in [4.69, 9.17) is 21.3 Å². The Morgan fingerprint density at radius 3 is 2.93 bits per heavy atom. The van der Waals surface area contributed by atoms with E-state index in [0.29, 0.717) is 5.15 Å². The van der Waals surface area contributed by atoms with Crippen LogP contribution in [0.3, 0.4) is 0 Å². The van der Waals surface area contributed by atoms with Crippen molar-refractivity contribution in [2.24, 2.45) is 7.05 Å². The summed E-state index contributed by atoms with van der Waals surface area (Å²) in [7, 11) is 3.73. The molecule has 4 aromatic heterocycles. The number of pyridine rings is 1. The van der Waals surface area contributed by atoms with Gasteiger partial charge in [-0.05, 0) is 24.3 Å². The first kappa shape index (κ1) is 16.4. The third-order valence-corrected chi connectivity index (χ3v) is 5.93. The number of hydrogen-bond donors (Lipinski definition) is 1. The highest BCUT2D eigenvalue weighted by Crippen LogP contribution is 2.38. The van der Waals surface area contributed by atoms with Crippen LogP contribution in [-0.4, -0.2) is 26.6 Å². The fraction of sp³-hybridized carbons (Fsp3) is 0.100. The second-order valence-electron chi connectivity index (χ2n) is 6.30. The molecular weight excluding hydrogens is 380 g/mol. The van der Waals surface area contributed by atoms with Crippen molar-refractivity contribution in [1.82, 2.24) is 19.5 Å². The highest BCUT2D eigenvalue weighted by Gasteiger charge is 2.16. The number of H-pyrrole nitrogens is 1. The highest BCUT2D eigenvalue weighted by molar-refractivity contribution is 7.13. The van der Waals surface area contributed by atoms with Gasteiger partial charge in [0.1, 0.15) is 10.8 Å². The monoisotopic (exact) mass is 394 g/mol. The minimum absolute atomic E-state index is 0.468. The third-order valence-electron chi connectivity index (χ3n) is 4.76. The molecule has 27 heavy (non-hydrogen) atoms. The van der Waals surface area contributed by atoms with E-state index in [1.54, 1.807) is 24.6 Å². The molecule has 0 amide bonds. The second-order valence-corrected chi connectivity index (χ2v) is 7.52. The summed E-state index contributed by atoms with van der Waals surface area (Å²) >= 11 is 7.81. The molecule has 1 N–H and O–H groups in total. The second kappa shape index (κ2) is 6.11. The van der Waals surface area contributed by atoms with Gasteiger partial charge >= 0.3 is 0 Å². The van der Waals surface area contributed by atoms with Gasteiger partial charge in [-0.3, -0.25) is 0 Å². The molecule has 0 aliphatic carbocycles. The molecule has 0 aliphatic heterocycles. The molecule has 0 radical (unpaired) electrons. The van der Waals surface area contributed by atoms with E-state index in [0.717, 1.165) is 49.4 Å². The maximum absolute atomic E-state index is 6.18. The number of aryl methyl sites for hydroxylation is 1. The normalized spacial score (nSPS) is 11.5. The number of thiazole rings is 1. The minimum atomic E-state index is 0.468. The van der Waals surface area contributed by atoms with Crippen LogP contribution in [0.1, 0.15) is 0 Å². The zero-order valence-corrected chi connectivity index (χ0v) is 16.2. The molecule has 0 fully saturated rings. The lowest BCUT2D eigenvalue weighted by molar-refractivity contribution is 0.415. The maximum Gasteiger partial charge on any atom is 0.153 e. The Bertz CT molecular complexity index is 1300. The Hall–Kier alpha value is -2.83. The average Bonchev–Trinajstić information content (AvgIpc) is 3.39. The molecule has 5 nitrogen and oxygen atoms in total. The van der Waals surface area contributed by atoms with Gasteiger partial charge in [0.25, 0.3) is 0 Å². The first-order valence-corrected chi connectivity index (χ1v) is 9.62. The van der Waals surface area contributed by atoms with Crippen molar-refractivity contribution in [3.05, 3.63) is 53.4 Å². The minimum Gasteiger partial charge on any atom is -0.497 e. The Morgan fingerprint density at radius 1 is 1.19 bits per heavy atom. The SMILES string of the molecule is COc1ccc2c(c1)c(-c1nc(-c3c[nH]c4c(Cl)nccc34)cs1)cn2C. The van der Waals surface area contributed by atoms with E-state index < -0.39 is 0 Å². The molecule has 134 valence electrons. The summed E-state index contributed by atoms with van der Waals surface area (Å²) in [5, 5.41) is 5.66. The van der Waals surface area contributed by atoms with Crippen LogP contribution in [0.25, 0.3) is 43.6 Å². The molecule has 0 saturated heterocycles. The molecule has 0 saturated carbocycles. The van der Waals surface area contributed by atoms with Crippen molar-refractivity contribution in [3.8, 4) is 27.6 Å². The summed E-state index contributed by atoms with van der Waals surface area (Å²) in [6, 6.07) is 8.06. The molecular formula is C20H15ClN4OS. The number of hydrogen-bond acceptors (Lipinski definition) is 4. The summed E-state index contributed by atoms with van der Waals surface area (Å²) < 4.78 is 7.51. The van der Waals surface area contributed by atoms with Gasteiger partial charge in [0.05, 0.1) is 18.3 Å². The zero-order chi connectivity index (χ0) is 18.5. The van der Waals surface area contributed by atoms with Crippen LogP contribution < -0.4 is 4.74 Å². The lowest BCUT2D eigenvalue weighted by atomic mass is 10.1. The zero-order valence-electron chi connectivity index (χ0n) is 14.7. The van der Waals surface area contributed by atoms with Gasteiger partial charge in [0.2, 0.25) is 0 Å². The van der Waals surface area contributed by atoms with Crippen molar-refractivity contribution in [2.75, 3.05) is 7.11 Å². The molecule has 0 spiro atoms. The van der Waals surface area contributed by atoms with Crippen molar-refractivity contribution < 1.29 is 4.74 Å². The summed E-state index contributed by atoms with van der Waals surface area (Å²) in [6.07, 6.45) is 5.76. The molecule has 7 heteroatoms. The molecule has 0 aliphatic rings. The van der Waals surface area contributed by atoms with Gasteiger partial charge in [0, 0.05) is 58.4 Å². The maximum atomic E-state index is 6.18. The van der Waals surface area contributed by atoms with Gasteiger partial charge in [0.15, 0.2) is 5.15 Å². The topological polar surface area (TPSA) is 55.7 Å². The lowest BCUT2D eigenvalue weighted by Crippen LogP contribution is -1.85. The third kappa shape index (κ3) is 2.52. The van der Waals surface area contributed by atoms with Crippen LogP contribution in [0, 0.1) is 0 Å². The number of ether oxygens (including phenoxy) is 1. The molecule has 4 heterocycles. The number of methoxy groups -OCH3 is 1. The first-order valence-electron chi connectivity index (χ1n) is 8.36. The summed E-state index contributed by atoms with van der Waals surface area (Å²) in [4.78, 5) is 12.2. The summed E-state index contributed by atoms with van der Waals surface area (Å²) in [6.45, 7) is 0. The predicted molar refractivity (Wildman–Crippen MR) is 111 cm³/mol. The number of aromatic amines is 1. The Labute approximate surface area is 164 Å². The number of nitrogens with one attached hydrogen (secondary N) is 1. The number of halogens is 1.